The van der Waals surface area contributed by atoms with E-state index >= 15 is 0 Å². The summed E-state index contributed by atoms with van der Waals surface area (Å²) < 4.78 is 14.6. The molecule has 1 saturated heterocycles. The fourth-order valence-corrected chi connectivity index (χ4v) is 3.43. The van der Waals surface area contributed by atoms with Crippen molar-refractivity contribution in [2.24, 2.45) is 5.92 Å². The third-order valence-electron chi connectivity index (χ3n) is 4.98. The lowest BCUT2D eigenvalue weighted by Gasteiger charge is -2.14. The lowest BCUT2D eigenvalue weighted by Crippen LogP contribution is -2.32. The van der Waals surface area contributed by atoms with Crippen molar-refractivity contribution in [3.05, 3.63) is 41.7 Å². The molecular formula is C18H22FN5O. The Kier molecular flexibility index (Phi) is 4.25. The number of hydrogen-bond donors (Lipinski definition) is 1. The zero-order valence-electron chi connectivity index (χ0n) is 14.3. The normalized spacial score (nSPS) is 20.8. The average Bonchev–Trinajstić information content (AvgIpc) is 3.22. The molecule has 1 amide bonds. The van der Waals surface area contributed by atoms with E-state index < -0.39 is 0 Å². The fourth-order valence-electron chi connectivity index (χ4n) is 3.43. The molecule has 2 aliphatic rings. The highest BCUT2D eigenvalue weighted by molar-refractivity contribution is 5.90. The lowest BCUT2D eigenvalue weighted by molar-refractivity contribution is 0.0937. The highest BCUT2D eigenvalue weighted by atomic mass is 19.1. The number of benzene rings is 1. The predicted octanol–water partition coefficient (Wildman–Crippen LogP) is 1.93. The summed E-state index contributed by atoms with van der Waals surface area (Å²) in [5, 5.41) is 7.23. The van der Waals surface area contributed by atoms with Gasteiger partial charge in [-0.1, -0.05) is 0 Å². The van der Waals surface area contributed by atoms with Crippen LogP contribution in [0.4, 0.5) is 4.39 Å². The SMILES string of the molecule is Cc1nc(C(=O)NCC2CCN(C3CC3)C2)nn1-c1ccc(F)cc1. The summed E-state index contributed by atoms with van der Waals surface area (Å²) in [5.41, 5.74) is 0.682. The van der Waals surface area contributed by atoms with Crippen LogP contribution in [0.15, 0.2) is 24.3 Å². The van der Waals surface area contributed by atoms with Gasteiger partial charge in [0.2, 0.25) is 5.82 Å². The maximum absolute atomic E-state index is 13.1. The third-order valence-corrected chi connectivity index (χ3v) is 4.98. The van der Waals surface area contributed by atoms with E-state index in [2.05, 4.69) is 20.3 Å². The van der Waals surface area contributed by atoms with Crippen molar-refractivity contribution in [1.29, 1.82) is 0 Å². The molecule has 1 atom stereocenters. The van der Waals surface area contributed by atoms with Crippen LogP contribution >= 0.6 is 0 Å². The van der Waals surface area contributed by atoms with Gasteiger partial charge in [0.25, 0.3) is 5.91 Å². The second-order valence-electron chi connectivity index (χ2n) is 6.96. The van der Waals surface area contributed by atoms with Crippen LogP contribution < -0.4 is 5.32 Å². The van der Waals surface area contributed by atoms with Gasteiger partial charge >= 0.3 is 0 Å². The summed E-state index contributed by atoms with van der Waals surface area (Å²) in [6, 6.07) is 6.74. The van der Waals surface area contributed by atoms with Gasteiger partial charge in [-0.15, -0.1) is 5.10 Å². The number of halogens is 1. The Balaban J connectivity index is 1.37. The summed E-state index contributed by atoms with van der Waals surface area (Å²) in [6.07, 6.45) is 3.78. The molecule has 132 valence electrons. The van der Waals surface area contributed by atoms with Crippen LogP contribution in [-0.2, 0) is 0 Å². The van der Waals surface area contributed by atoms with Crippen molar-refractivity contribution in [2.75, 3.05) is 19.6 Å². The minimum absolute atomic E-state index is 0.152. The number of hydrogen-bond acceptors (Lipinski definition) is 4. The molecule has 6 nitrogen and oxygen atoms in total. The molecule has 25 heavy (non-hydrogen) atoms. The predicted molar refractivity (Wildman–Crippen MR) is 91.1 cm³/mol. The van der Waals surface area contributed by atoms with E-state index in [9.17, 15) is 9.18 Å². The van der Waals surface area contributed by atoms with Gasteiger partial charge in [-0.2, -0.15) is 0 Å². The topological polar surface area (TPSA) is 63.1 Å². The molecule has 0 spiro atoms. The molecule has 1 aliphatic carbocycles. The summed E-state index contributed by atoms with van der Waals surface area (Å²) >= 11 is 0. The number of aromatic nitrogens is 3. The smallest absolute Gasteiger partial charge is 0.290 e. The Morgan fingerprint density at radius 3 is 2.76 bits per heavy atom. The van der Waals surface area contributed by atoms with Crippen LogP contribution in [0.1, 0.15) is 35.7 Å². The van der Waals surface area contributed by atoms with Crippen molar-refractivity contribution in [2.45, 2.75) is 32.2 Å². The minimum Gasteiger partial charge on any atom is -0.349 e. The van der Waals surface area contributed by atoms with Crippen LogP contribution in [0.25, 0.3) is 5.69 Å². The standard InChI is InChI=1S/C18H22FN5O/c1-12-21-17(22-24(12)16-4-2-14(19)3-5-16)18(25)20-10-13-8-9-23(11-13)15-6-7-15/h2-5,13,15H,6-11H2,1H3,(H,20,25). The molecule has 1 aliphatic heterocycles. The molecular weight excluding hydrogens is 321 g/mol. The van der Waals surface area contributed by atoms with Crippen LogP contribution in [0, 0.1) is 18.7 Å². The highest BCUT2D eigenvalue weighted by Gasteiger charge is 2.34. The van der Waals surface area contributed by atoms with Crippen molar-refractivity contribution in [1.82, 2.24) is 25.0 Å². The Hall–Kier alpha value is -2.28. The van der Waals surface area contributed by atoms with E-state index in [4.69, 9.17) is 0 Å². The zero-order chi connectivity index (χ0) is 17.4. The number of rotatable bonds is 5. The molecule has 0 radical (unpaired) electrons. The van der Waals surface area contributed by atoms with E-state index in [0.717, 1.165) is 25.6 Å². The van der Waals surface area contributed by atoms with E-state index in [1.807, 2.05) is 0 Å². The third kappa shape index (κ3) is 3.56. The maximum atomic E-state index is 13.1. The molecule has 1 N–H and O–H groups in total. The van der Waals surface area contributed by atoms with E-state index in [0.29, 0.717) is 24.0 Å². The van der Waals surface area contributed by atoms with Gasteiger partial charge in [-0.25, -0.2) is 14.1 Å². The second-order valence-corrected chi connectivity index (χ2v) is 6.96. The monoisotopic (exact) mass is 343 g/mol. The van der Waals surface area contributed by atoms with Crippen molar-refractivity contribution in [3.63, 3.8) is 0 Å². The summed E-state index contributed by atoms with van der Waals surface area (Å²) in [7, 11) is 0. The van der Waals surface area contributed by atoms with Gasteiger partial charge in [0.15, 0.2) is 0 Å². The lowest BCUT2D eigenvalue weighted by atomic mass is 10.1. The van der Waals surface area contributed by atoms with E-state index in [-0.39, 0.29) is 17.5 Å². The first-order valence-corrected chi connectivity index (χ1v) is 8.82. The number of carbonyl (C=O) groups excluding carboxylic acids is 1. The largest absolute Gasteiger partial charge is 0.349 e. The van der Waals surface area contributed by atoms with Gasteiger partial charge in [-0.3, -0.25) is 4.79 Å². The molecule has 0 bridgehead atoms. The first-order chi connectivity index (χ1) is 12.1. The Morgan fingerprint density at radius 2 is 2.04 bits per heavy atom. The number of amides is 1. The van der Waals surface area contributed by atoms with Gasteiger partial charge in [0.05, 0.1) is 5.69 Å². The molecule has 1 aromatic carbocycles. The molecule has 1 aromatic heterocycles. The minimum atomic E-state index is -0.309. The Labute approximate surface area is 146 Å². The second kappa shape index (κ2) is 6.55. The van der Waals surface area contributed by atoms with Gasteiger partial charge < -0.3 is 10.2 Å². The van der Waals surface area contributed by atoms with E-state index in [1.54, 1.807) is 23.7 Å². The maximum Gasteiger partial charge on any atom is 0.290 e. The summed E-state index contributed by atoms with van der Waals surface area (Å²) in [6.45, 7) is 4.65. The van der Waals surface area contributed by atoms with Crippen LogP contribution in [0.3, 0.4) is 0 Å². The van der Waals surface area contributed by atoms with Gasteiger partial charge in [-0.05, 0) is 62.9 Å². The van der Waals surface area contributed by atoms with Crippen LogP contribution in [0.2, 0.25) is 0 Å². The van der Waals surface area contributed by atoms with Crippen molar-refractivity contribution >= 4 is 5.91 Å². The van der Waals surface area contributed by atoms with Gasteiger partial charge in [0.1, 0.15) is 11.6 Å². The fraction of sp³-hybridized carbons (Fsp3) is 0.500. The summed E-state index contributed by atoms with van der Waals surface area (Å²) in [5.74, 6) is 0.686. The summed E-state index contributed by atoms with van der Waals surface area (Å²) in [4.78, 5) is 19.1. The average molecular weight is 343 g/mol. The zero-order valence-corrected chi connectivity index (χ0v) is 14.3. The number of nitrogens with one attached hydrogen (secondary N) is 1. The molecule has 4 rings (SSSR count). The molecule has 1 unspecified atom stereocenters. The Bertz CT molecular complexity index is 768. The van der Waals surface area contributed by atoms with Gasteiger partial charge in [0, 0.05) is 19.1 Å². The molecule has 2 heterocycles. The first-order valence-electron chi connectivity index (χ1n) is 8.82. The van der Waals surface area contributed by atoms with Crippen LogP contribution in [0.5, 0.6) is 0 Å². The van der Waals surface area contributed by atoms with Crippen molar-refractivity contribution < 1.29 is 9.18 Å². The van der Waals surface area contributed by atoms with Crippen molar-refractivity contribution in [3.8, 4) is 5.69 Å². The number of aryl methyl sites for hydroxylation is 1. The Morgan fingerprint density at radius 1 is 1.28 bits per heavy atom. The number of likely N-dealkylation sites (tertiary alicyclic amines) is 1. The highest BCUT2D eigenvalue weighted by Crippen LogP contribution is 2.31. The number of nitrogens with zero attached hydrogens (tertiary/aromatic N) is 4. The quantitative estimate of drug-likeness (QED) is 0.901. The van der Waals surface area contributed by atoms with E-state index in [1.165, 1.54) is 25.0 Å². The molecule has 7 heteroatoms. The first kappa shape index (κ1) is 16.2. The number of carbonyl (C=O) groups is 1. The molecule has 2 aromatic rings. The molecule has 1 saturated carbocycles. The van der Waals surface area contributed by atoms with Crippen LogP contribution in [-0.4, -0.2) is 51.2 Å². The molecule has 2 fully saturated rings.